The Hall–Kier alpha value is -1.81. The first-order valence-electron chi connectivity index (χ1n) is 8.51. The van der Waals surface area contributed by atoms with Crippen LogP contribution in [0, 0.1) is 17.2 Å². The fraction of sp³-hybridized carbons (Fsp3) is 0.368. The first kappa shape index (κ1) is 16.6. The SMILES string of the molecule is N#Cc1csc(Sc2ccc(C(=O)NC3CN4CCC3CC4)cc2)c1. The molecule has 3 aliphatic heterocycles. The Morgan fingerprint density at radius 1 is 1.28 bits per heavy atom. The van der Waals surface area contributed by atoms with E-state index in [1.165, 1.54) is 25.9 Å². The Labute approximate surface area is 155 Å². The van der Waals surface area contributed by atoms with Crippen molar-refractivity contribution in [3.05, 3.63) is 46.8 Å². The van der Waals surface area contributed by atoms with E-state index in [0.29, 0.717) is 23.1 Å². The van der Waals surface area contributed by atoms with Crippen LogP contribution >= 0.6 is 23.1 Å². The lowest BCUT2D eigenvalue weighted by Gasteiger charge is -2.44. The highest BCUT2D eigenvalue weighted by Crippen LogP contribution is 2.33. The minimum atomic E-state index is 0.0261. The molecule has 4 heterocycles. The molecule has 2 aromatic rings. The van der Waals surface area contributed by atoms with E-state index in [1.54, 1.807) is 23.1 Å². The van der Waals surface area contributed by atoms with Gasteiger partial charge < -0.3 is 10.2 Å². The molecular weight excluding hydrogens is 350 g/mol. The van der Waals surface area contributed by atoms with Crippen LogP contribution in [0.3, 0.4) is 0 Å². The molecule has 1 atom stereocenters. The van der Waals surface area contributed by atoms with Gasteiger partial charge in [-0.2, -0.15) is 5.26 Å². The van der Waals surface area contributed by atoms with Gasteiger partial charge in [0.15, 0.2) is 0 Å². The van der Waals surface area contributed by atoms with Gasteiger partial charge in [-0.05, 0) is 62.2 Å². The minimum Gasteiger partial charge on any atom is -0.348 e. The maximum absolute atomic E-state index is 12.5. The van der Waals surface area contributed by atoms with Crippen LogP contribution in [0.25, 0.3) is 0 Å². The summed E-state index contributed by atoms with van der Waals surface area (Å²) in [5.74, 6) is 0.662. The number of thiophene rings is 1. The third-order valence-corrected chi connectivity index (χ3v) is 7.10. The molecule has 3 aliphatic rings. The largest absolute Gasteiger partial charge is 0.348 e. The van der Waals surface area contributed by atoms with Gasteiger partial charge >= 0.3 is 0 Å². The third kappa shape index (κ3) is 3.74. The van der Waals surface area contributed by atoms with Crippen molar-refractivity contribution in [2.24, 2.45) is 5.92 Å². The van der Waals surface area contributed by atoms with Crippen LogP contribution in [-0.4, -0.2) is 36.5 Å². The van der Waals surface area contributed by atoms with Crippen LogP contribution in [0.4, 0.5) is 0 Å². The zero-order valence-corrected chi connectivity index (χ0v) is 15.4. The zero-order chi connectivity index (χ0) is 17.2. The molecule has 1 aromatic heterocycles. The van der Waals surface area contributed by atoms with Crippen LogP contribution in [-0.2, 0) is 0 Å². The average Bonchev–Trinajstić information content (AvgIpc) is 3.11. The lowest BCUT2D eigenvalue weighted by Crippen LogP contribution is -2.57. The summed E-state index contributed by atoms with van der Waals surface area (Å²) in [5.41, 5.74) is 1.41. The summed E-state index contributed by atoms with van der Waals surface area (Å²) in [5, 5.41) is 14.0. The highest BCUT2D eigenvalue weighted by atomic mass is 32.2. The minimum absolute atomic E-state index is 0.0261. The molecule has 0 saturated carbocycles. The van der Waals surface area contributed by atoms with Crippen LogP contribution < -0.4 is 5.32 Å². The molecule has 3 fully saturated rings. The Balaban J connectivity index is 1.38. The van der Waals surface area contributed by atoms with Crippen molar-refractivity contribution in [1.29, 1.82) is 5.26 Å². The van der Waals surface area contributed by atoms with Gasteiger partial charge in [-0.1, -0.05) is 11.8 Å². The number of hydrogen-bond acceptors (Lipinski definition) is 5. The summed E-state index contributed by atoms with van der Waals surface area (Å²) in [6.45, 7) is 3.35. The van der Waals surface area contributed by atoms with Gasteiger partial charge in [0, 0.05) is 28.4 Å². The molecule has 1 unspecified atom stereocenters. The van der Waals surface area contributed by atoms with Crippen molar-refractivity contribution in [1.82, 2.24) is 10.2 Å². The monoisotopic (exact) mass is 369 g/mol. The maximum Gasteiger partial charge on any atom is 0.251 e. The van der Waals surface area contributed by atoms with Crippen LogP contribution in [0.5, 0.6) is 0 Å². The van der Waals surface area contributed by atoms with E-state index in [-0.39, 0.29) is 5.91 Å². The van der Waals surface area contributed by atoms with Crippen molar-refractivity contribution >= 4 is 29.0 Å². The number of carbonyl (C=O) groups excluding carboxylic acids is 1. The molecule has 1 amide bonds. The van der Waals surface area contributed by atoms with Gasteiger partial charge in [-0.3, -0.25) is 4.79 Å². The topological polar surface area (TPSA) is 56.1 Å². The summed E-state index contributed by atoms with van der Waals surface area (Å²) in [7, 11) is 0. The fourth-order valence-electron chi connectivity index (χ4n) is 3.60. The van der Waals surface area contributed by atoms with Crippen molar-refractivity contribution < 1.29 is 4.79 Å². The van der Waals surface area contributed by atoms with Crippen molar-refractivity contribution in [2.45, 2.75) is 28.0 Å². The van der Waals surface area contributed by atoms with Gasteiger partial charge in [0.2, 0.25) is 0 Å². The molecule has 25 heavy (non-hydrogen) atoms. The Morgan fingerprint density at radius 3 is 2.64 bits per heavy atom. The van der Waals surface area contributed by atoms with Crippen molar-refractivity contribution in [2.75, 3.05) is 19.6 Å². The zero-order valence-electron chi connectivity index (χ0n) is 13.8. The molecule has 2 bridgehead atoms. The Kier molecular flexibility index (Phi) is 4.80. The lowest BCUT2D eigenvalue weighted by atomic mass is 9.84. The van der Waals surface area contributed by atoms with E-state index in [0.717, 1.165) is 15.6 Å². The number of benzene rings is 1. The highest BCUT2D eigenvalue weighted by molar-refractivity contribution is 8.01. The quantitative estimate of drug-likeness (QED) is 0.895. The number of nitrogens with zero attached hydrogens (tertiary/aromatic N) is 2. The summed E-state index contributed by atoms with van der Waals surface area (Å²) in [4.78, 5) is 16.1. The van der Waals surface area contributed by atoms with Gasteiger partial charge in [0.05, 0.1) is 9.77 Å². The predicted molar refractivity (Wildman–Crippen MR) is 100 cm³/mol. The first-order chi connectivity index (χ1) is 12.2. The van der Waals surface area contributed by atoms with E-state index >= 15 is 0 Å². The standard InChI is InChI=1S/C19H19N3OS2/c20-10-13-9-18(24-12-13)25-16-3-1-15(2-4-16)19(23)21-17-11-22-7-5-14(17)6-8-22/h1-4,9,12,14,17H,5-8,11H2,(H,21,23). The Morgan fingerprint density at radius 2 is 2.04 bits per heavy atom. The van der Waals surface area contributed by atoms with Gasteiger partial charge in [-0.15, -0.1) is 11.3 Å². The number of amides is 1. The van der Waals surface area contributed by atoms with Crippen molar-refractivity contribution in [3.8, 4) is 6.07 Å². The molecule has 4 nitrogen and oxygen atoms in total. The average molecular weight is 370 g/mol. The van der Waals surface area contributed by atoms with E-state index in [9.17, 15) is 4.79 Å². The van der Waals surface area contributed by atoms with E-state index in [1.807, 2.05) is 35.7 Å². The van der Waals surface area contributed by atoms with E-state index in [2.05, 4.69) is 16.3 Å². The smallest absolute Gasteiger partial charge is 0.251 e. The van der Waals surface area contributed by atoms with E-state index < -0.39 is 0 Å². The first-order valence-corrected chi connectivity index (χ1v) is 10.2. The van der Waals surface area contributed by atoms with Crippen LogP contribution in [0.15, 0.2) is 44.8 Å². The molecule has 1 N–H and O–H groups in total. The van der Waals surface area contributed by atoms with Gasteiger partial charge in [-0.25, -0.2) is 0 Å². The summed E-state index contributed by atoms with van der Waals surface area (Å²) in [6, 6.07) is 12.1. The summed E-state index contributed by atoms with van der Waals surface area (Å²) in [6.07, 6.45) is 2.40. The lowest BCUT2D eigenvalue weighted by molar-refractivity contribution is 0.0620. The second kappa shape index (κ2) is 7.20. The molecule has 1 aromatic carbocycles. The number of hydrogen-bond donors (Lipinski definition) is 1. The fourth-order valence-corrected chi connectivity index (χ4v) is 5.47. The molecule has 0 spiro atoms. The number of nitriles is 1. The maximum atomic E-state index is 12.5. The number of piperidine rings is 3. The van der Waals surface area contributed by atoms with Gasteiger partial charge in [0.1, 0.15) is 6.07 Å². The Bertz CT molecular complexity index is 801. The molecule has 3 saturated heterocycles. The summed E-state index contributed by atoms with van der Waals surface area (Å²) >= 11 is 3.18. The number of fused-ring (bicyclic) bond motifs is 3. The molecule has 0 aliphatic carbocycles. The van der Waals surface area contributed by atoms with Gasteiger partial charge in [0.25, 0.3) is 5.91 Å². The highest BCUT2D eigenvalue weighted by Gasteiger charge is 2.34. The number of carbonyl (C=O) groups is 1. The normalized spacial score (nSPS) is 24.7. The van der Waals surface area contributed by atoms with Crippen molar-refractivity contribution in [3.63, 3.8) is 0 Å². The molecule has 5 rings (SSSR count). The molecule has 128 valence electrons. The third-order valence-electron chi connectivity index (χ3n) is 5.01. The van der Waals surface area contributed by atoms with Crippen LogP contribution in [0.1, 0.15) is 28.8 Å². The predicted octanol–water partition coefficient (Wildman–Crippen LogP) is 3.59. The number of rotatable bonds is 4. The molecular formula is C19H19N3OS2. The van der Waals surface area contributed by atoms with E-state index in [4.69, 9.17) is 5.26 Å². The molecule has 6 heteroatoms. The second-order valence-electron chi connectivity index (χ2n) is 6.61. The second-order valence-corrected chi connectivity index (χ2v) is 8.90. The van der Waals surface area contributed by atoms with Crippen LogP contribution in [0.2, 0.25) is 0 Å². The summed E-state index contributed by atoms with van der Waals surface area (Å²) < 4.78 is 1.08. The molecule has 0 radical (unpaired) electrons. The number of nitrogens with one attached hydrogen (secondary N) is 1.